The Morgan fingerprint density at radius 1 is 0.920 bits per heavy atom. The fourth-order valence-electron chi connectivity index (χ4n) is 2.77. The van der Waals surface area contributed by atoms with Gasteiger partial charge in [-0.3, -0.25) is 10.1 Å². The van der Waals surface area contributed by atoms with Gasteiger partial charge in [0.1, 0.15) is 0 Å². The molecule has 0 spiro atoms. The smallest absolute Gasteiger partial charge is 0.269 e. The van der Waals surface area contributed by atoms with Gasteiger partial charge in [0.2, 0.25) is 0 Å². The molecule has 1 atom stereocenters. The van der Waals surface area contributed by atoms with Crippen molar-refractivity contribution in [3.63, 3.8) is 0 Å². The number of allylic oxidation sites excluding steroid dienone is 1. The minimum absolute atomic E-state index is 0.0400. The number of non-ortho nitro benzene ring substituents is 1. The van der Waals surface area contributed by atoms with Gasteiger partial charge in [0.15, 0.2) is 0 Å². The van der Waals surface area contributed by atoms with Crippen molar-refractivity contribution in [3.05, 3.63) is 112 Å². The molecule has 25 heavy (non-hydrogen) atoms. The van der Waals surface area contributed by atoms with Crippen molar-refractivity contribution in [1.29, 1.82) is 0 Å². The SMILES string of the molecule is Nc1ccc([N+](=O)[O-])cc1C(/C=C/c1ccccc1)c1ccccc1. The molecule has 0 aliphatic heterocycles. The number of anilines is 1. The molecule has 4 heteroatoms. The van der Waals surface area contributed by atoms with E-state index in [1.807, 2.05) is 72.8 Å². The maximum absolute atomic E-state index is 11.1. The highest BCUT2D eigenvalue weighted by molar-refractivity contribution is 5.61. The third-order valence-electron chi connectivity index (χ3n) is 4.06. The zero-order chi connectivity index (χ0) is 17.6. The number of benzene rings is 3. The highest BCUT2D eigenvalue weighted by Gasteiger charge is 2.17. The number of hydrogen-bond donors (Lipinski definition) is 1. The van der Waals surface area contributed by atoms with Gasteiger partial charge in [-0.05, 0) is 22.8 Å². The molecule has 0 aliphatic rings. The van der Waals surface area contributed by atoms with Gasteiger partial charge in [0.25, 0.3) is 5.69 Å². The molecular weight excluding hydrogens is 312 g/mol. The van der Waals surface area contributed by atoms with Crippen molar-refractivity contribution in [2.75, 3.05) is 5.73 Å². The van der Waals surface area contributed by atoms with Gasteiger partial charge in [-0.25, -0.2) is 0 Å². The molecule has 3 rings (SSSR count). The average molecular weight is 330 g/mol. The van der Waals surface area contributed by atoms with Crippen LogP contribution in [0.1, 0.15) is 22.6 Å². The molecule has 3 aromatic carbocycles. The van der Waals surface area contributed by atoms with Crippen molar-refractivity contribution in [2.45, 2.75) is 5.92 Å². The van der Waals surface area contributed by atoms with E-state index in [1.54, 1.807) is 12.1 Å². The number of rotatable bonds is 5. The normalized spacial score (nSPS) is 12.2. The number of nitrogens with zero attached hydrogens (tertiary/aromatic N) is 1. The molecule has 0 heterocycles. The quantitative estimate of drug-likeness (QED) is 0.405. The van der Waals surface area contributed by atoms with Gasteiger partial charge in [0, 0.05) is 23.7 Å². The van der Waals surface area contributed by atoms with Crippen LogP contribution in [-0.2, 0) is 0 Å². The molecule has 2 N–H and O–H groups in total. The molecule has 0 aliphatic carbocycles. The van der Waals surface area contributed by atoms with E-state index in [0.29, 0.717) is 5.69 Å². The fourth-order valence-corrected chi connectivity index (χ4v) is 2.77. The van der Waals surface area contributed by atoms with Crippen LogP contribution in [-0.4, -0.2) is 4.92 Å². The molecule has 0 aromatic heterocycles. The molecule has 0 bridgehead atoms. The summed E-state index contributed by atoms with van der Waals surface area (Å²) in [4.78, 5) is 10.8. The van der Waals surface area contributed by atoms with Gasteiger partial charge < -0.3 is 5.73 Å². The first kappa shape index (κ1) is 16.5. The van der Waals surface area contributed by atoms with Crippen molar-refractivity contribution in [3.8, 4) is 0 Å². The maximum Gasteiger partial charge on any atom is 0.269 e. The van der Waals surface area contributed by atoms with Gasteiger partial charge in [-0.1, -0.05) is 72.8 Å². The second kappa shape index (κ2) is 7.45. The summed E-state index contributed by atoms with van der Waals surface area (Å²) in [6, 6.07) is 24.4. The lowest BCUT2D eigenvalue weighted by atomic mass is 9.89. The molecule has 0 fully saturated rings. The predicted molar refractivity (Wildman–Crippen MR) is 101 cm³/mol. The highest BCUT2D eigenvalue weighted by Crippen LogP contribution is 2.33. The Bertz CT molecular complexity index is 890. The molecule has 124 valence electrons. The lowest BCUT2D eigenvalue weighted by Gasteiger charge is -2.16. The lowest BCUT2D eigenvalue weighted by molar-refractivity contribution is -0.384. The van der Waals surface area contributed by atoms with E-state index in [0.717, 1.165) is 16.7 Å². The first-order chi connectivity index (χ1) is 12.1. The van der Waals surface area contributed by atoms with Crippen molar-refractivity contribution < 1.29 is 4.92 Å². The van der Waals surface area contributed by atoms with Crippen LogP contribution in [0.5, 0.6) is 0 Å². The third-order valence-corrected chi connectivity index (χ3v) is 4.06. The monoisotopic (exact) mass is 330 g/mol. The van der Waals surface area contributed by atoms with Crippen LogP contribution >= 0.6 is 0 Å². The largest absolute Gasteiger partial charge is 0.398 e. The highest BCUT2D eigenvalue weighted by atomic mass is 16.6. The minimum Gasteiger partial charge on any atom is -0.398 e. The van der Waals surface area contributed by atoms with Crippen LogP contribution in [0.4, 0.5) is 11.4 Å². The van der Waals surface area contributed by atoms with E-state index < -0.39 is 4.92 Å². The van der Waals surface area contributed by atoms with E-state index in [2.05, 4.69) is 0 Å². The van der Waals surface area contributed by atoms with Gasteiger partial charge in [0.05, 0.1) is 4.92 Å². The molecule has 3 aromatic rings. The van der Waals surface area contributed by atoms with Crippen LogP contribution in [0.3, 0.4) is 0 Å². The molecule has 1 unspecified atom stereocenters. The Morgan fingerprint density at radius 2 is 1.56 bits per heavy atom. The maximum atomic E-state index is 11.1. The summed E-state index contributed by atoms with van der Waals surface area (Å²) >= 11 is 0. The number of hydrogen-bond acceptors (Lipinski definition) is 3. The van der Waals surface area contributed by atoms with Gasteiger partial charge in [-0.15, -0.1) is 0 Å². The van der Waals surface area contributed by atoms with Crippen LogP contribution in [0.15, 0.2) is 84.9 Å². The fraction of sp³-hybridized carbons (Fsp3) is 0.0476. The molecule has 0 radical (unpaired) electrons. The number of nitro groups is 1. The molecular formula is C21H18N2O2. The first-order valence-electron chi connectivity index (χ1n) is 7.97. The van der Waals surface area contributed by atoms with E-state index in [1.165, 1.54) is 6.07 Å². The Balaban J connectivity index is 2.07. The molecule has 0 amide bonds. The van der Waals surface area contributed by atoms with Gasteiger partial charge in [-0.2, -0.15) is 0 Å². The zero-order valence-electron chi connectivity index (χ0n) is 13.6. The summed E-state index contributed by atoms with van der Waals surface area (Å²) in [5.74, 6) is -0.165. The number of nitro benzene ring substituents is 1. The van der Waals surface area contributed by atoms with Crippen molar-refractivity contribution in [2.24, 2.45) is 0 Å². The third kappa shape index (κ3) is 3.93. The summed E-state index contributed by atoms with van der Waals surface area (Å²) in [5, 5.41) is 11.1. The van der Waals surface area contributed by atoms with E-state index in [-0.39, 0.29) is 11.6 Å². The minimum atomic E-state index is -0.397. The van der Waals surface area contributed by atoms with Crippen molar-refractivity contribution in [1.82, 2.24) is 0 Å². The molecule has 4 nitrogen and oxygen atoms in total. The average Bonchev–Trinajstić information content (AvgIpc) is 2.65. The standard InChI is InChI=1S/C21H18N2O2/c22-21-14-12-18(23(24)25)15-20(21)19(17-9-5-2-6-10-17)13-11-16-7-3-1-4-8-16/h1-15,19H,22H2/b13-11+. The second-order valence-electron chi connectivity index (χ2n) is 5.73. The Kier molecular flexibility index (Phi) is 4.90. The molecule has 0 saturated carbocycles. The van der Waals surface area contributed by atoms with Crippen molar-refractivity contribution >= 4 is 17.5 Å². The lowest BCUT2D eigenvalue weighted by Crippen LogP contribution is -2.03. The van der Waals surface area contributed by atoms with Crippen LogP contribution in [0, 0.1) is 10.1 Å². The zero-order valence-corrected chi connectivity index (χ0v) is 13.6. The Hall–Kier alpha value is -3.40. The Labute approximate surface area is 146 Å². The summed E-state index contributed by atoms with van der Waals surface area (Å²) in [7, 11) is 0. The van der Waals surface area contributed by atoms with E-state index in [4.69, 9.17) is 5.73 Å². The summed E-state index contributed by atoms with van der Waals surface area (Å²) in [6.45, 7) is 0. The van der Waals surface area contributed by atoms with Crippen LogP contribution < -0.4 is 5.73 Å². The number of nitrogens with two attached hydrogens (primary N) is 1. The summed E-state index contributed by atoms with van der Waals surface area (Å²) in [5.41, 5.74) is 9.54. The summed E-state index contributed by atoms with van der Waals surface area (Å²) in [6.07, 6.45) is 4.04. The van der Waals surface area contributed by atoms with Gasteiger partial charge >= 0.3 is 0 Å². The van der Waals surface area contributed by atoms with E-state index >= 15 is 0 Å². The summed E-state index contributed by atoms with van der Waals surface area (Å²) < 4.78 is 0. The Morgan fingerprint density at radius 3 is 2.20 bits per heavy atom. The second-order valence-corrected chi connectivity index (χ2v) is 5.73. The van der Waals surface area contributed by atoms with Crippen LogP contribution in [0.2, 0.25) is 0 Å². The van der Waals surface area contributed by atoms with E-state index in [9.17, 15) is 10.1 Å². The van der Waals surface area contributed by atoms with Crippen LogP contribution in [0.25, 0.3) is 6.08 Å². The first-order valence-corrected chi connectivity index (χ1v) is 7.97. The topological polar surface area (TPSA) is 69.2 Å². The molecule has 0 saturated heterocycles. The number of nitrogen functional groups attached to an aromatic ring is 1. The predicted octanol–water partition coefficient (Wildman–Crippen LogP) is 5.02.